The Morgan fingerprint density at radius 2 is 1.83 bits per heavy atom. The highest BCUT2D eigenvalue weighted by atomic mass is 16.5. The normalized spacial score (nSPS) is 10.3. The SMILES string of the molecule is CC(=O)N(C)CCN(C)c1cncc(Oc2ccc(C)cc2)n1. The van der Waals surface area contributed by atoms with Crippen LogP contribution in [0.25, 0.3) is 0 Å². The smallest absolute Gasteiger partial charge is 0.239 e. The second-order valence-electron chi connectivity index (χ2n) is 5.49. The molecule has 0 unspecified atom stereocenters. The molecule has 0 fully saturated rings. The molecule has 1 amide bonds. The van der Waals surface area contributed by atoms with Gasteiger partial charge in [0.2, 0.25) is 11.8 Å². The number of hydrogen-bond acceptors (Lipinski definition) is 5. The van der Waals surface area contributed by atoms with Gasteiger partial charge in [-0.05, 0) is 19.1 Å². The third-order valence-corrected chi connectivity index (χ3v) is 3.54. The van der Waals surface area contributed by atoms with Crippen LogP contribution in [0.2, 0.25) is 0 Å². The minimum atomic E-state index is 0.0425. The van der Waals surface area contributed by atoms with Crippen molar-refractivity contribution < 1.29 is 9.53 Å². The van der Waals surface area contributed by atoms with Gasteiger partial charge in [-0.25, -0.2) is 0 Å². The number of anilines is 1. The van der Waals surface area contributed by atoms with Gasteiger partial charge in [0.15, 0.2) is 5.82 Å². The third-order valence-electron chi connectivity index (χ3n) is 3.54. The Kier molecular flexibility index (Phi) is 5.51. The van der Waals surface area contributed by atoms with Crippen molar-refractivity contribution in [3.05, 3.63) is 42.2 Å². The zero-order valence-corrected chi connectivity index (χ0v) is 14.0. The molecule has 0 aliphatic heterocycles. The molecule has 122 valence electrons. The summed E-state index contributed by atoms with van der Waals surface area (Å²) in [7, 11) is 3.69. The first-order valence-corrected chi connectivity index (χ1v) is 7.45. The van der Waals surface area contributed by atoms with Crippen molar-refractivity contribution in [2.24, 2.45) is 0 Å². The Hall–Kier alpha value is -2.63. The fraction of sp³-hybridized carbons (Fsp3) is 0.353. The van der Waals surface area contributed by atoms with Gasteiger partial charge in [-0.1, -0.05) is 17.7 Å². The van der Waals surface area contributed by atoms with Crippen LogP contribution < -0.4 is 9.64 Å². The molecule has 6 heteroatoms. The highest BCUT2D eigenvalue weighted by Gasteiger charge is 2.08. The van der Waals surface area contributed by atoms with Crippen molar-refractivity contribution in [1.29, 1.82) is 0 Å². The van der Waals surface area contributed by atoms with E-state index in [0.29, 0.717) is 24.8 Å². The van der Waals surface area contributed by atoms with Crippen molar-refractivity contribution in [3.8, 4) is 11.6 Å². The summed E-state index contributed by atoms with van der Waals surface area (Å²) in [5, 5.41) is 0. The van der Waals surface area contributed by atoms with Gasteiger partial charge >= 0.3 is 0 Å². The molecule has 1 aromatic heterocycles. The van der Waals surface area contributed by atoms with Crippen LogP contribution in [0.5, 0.6) is 11.6 Å². The standard InChI is InChI=1S/C17H22N4O2/c1-13-5-7-15(8-6-13)23-17-12-18-11-16(19-17)21(4)10-9-20(3)14(2)22/h5-8,11-12H,9-10H2,1-4H3. The van der Waals surface area contributed by atoms with Crippen molar-refractivity contribution in [2.75, 3.05) is 32.1 Å². The van der Waals surface area contributed by atoms with E-state index < -0.39 is 0 Å². The van der Waals surface area contributed by atoms with Gasteiger partial charge in [0.1, 0.15) is 5.75 Å². The number of hydrogen-bond donors (Lipinski definition) is 0. The topological polar surface area (TPSA) is 58.6 Å². The van der Waals surface area contributed by atoms with Gasteiger partial charge in [-0.15, -0.1) is 0 Å². The summed E-state index contributed by atoms with van der Waals surface area (Å²) in [6, 6.07) is 7.76. The van der Waals surface area contributed by atoms with Gasteiger partial charge in [0.05, 0.1) is 12.4 Å². The monoisotopic (exact) mass is 314 g/mol. The van der Waals surface area contributed by atoms with E-state index in [1.165, 1.54) is 5.56 Å². The third kappa shape index (κ3) is 4.95. The molecule has 0 saturated heterocycles. The summed E-state index contributed by atoms with van der Waals surface area (Å²) >= 11 is 0. The number of aryl methyl sites for hydroxylation is 1. The average Bonchev–Trinajstić information content (AvgIpc) is 2.54. The number of rotatable bonds is 6. The molecular weight excluding hydrogens is 292 g/mol. The van der Waals surface area contributed by atoms with E-state index in [4.69, 9.17) is 4.74 Å². The van der Waals surface area contributed by atoms with Gasteiger partial charge in [-0.2, -0.15) is 4.98 Å². The molecule has 0 saturated carbocycles. The van der Waals surface area contributed by atoms with Gasteiger partial charge < -0.3 is 14.5 Å². The molecule has 0 N–H and O–H groups in total. The molecule has 23 heavy (non-hydrogen) atoms. The second-order valence-corrected chi connectivity index (χ2v) is 5.49. The predicted octanol–water partition coefficient (Wildman–Crippen LogP) is 2.49. The first-order valence-electron chi connectivity index (χ1n) is 7.45. The lowest BCUT2D eigenvalue weighted by Gasteiger charge is -2.22. The maximum atomic E-state index is 11.2. The van der Waals surface area contributed by atoms with Crippen LogP contribution in [0.1, 0.15) is 12.5 Å². The quantitative estimate of drug-likeness (QED) is 0.820. The summed E-state index contributed by atoms with van der Waals surface area (Å²) in [6.07, 6.45) is 3.26. The fourth-order valence-electron chi connectivity index (χ4n) is 1.87. The molecule has 0 atom stereocenters. The number of nitrogens with zero attached hydrogens (tertiary/aromatic N) is 4. The van der Waals surface area contributed by atoms with Gasteiger partial charge in [0.25, 0.3) is 0 Å². The summed E-state index contributed by atoms with van der Waals surface area (Å²) < 4.78 is 5.72. The zero-order chi connectivity index (χ0) is 16.8. The van der Waals surface area contributed by atoms with Crippen molar-refractivity contribution >= 4 is 11.7 Å². The number of amides is 1. The first-order chi connectivity index (χ1) is 11.0. The van der Waals surface area contributed by atoms with Crippen LogP contribution in [-0.2, 0) is 4.79 Å². The van der Waals surface area contributed by atoms with Crippen LogP contribution in [0.3, 0.4) is 0 Å². The molecule has 0 radical (unpaired) electrons. The van der Waals surface area contributed by atoms with Crippen LogP contribution in [0.4, 0.5) is 5.82 Å². The van der Waals surface area contributed by atoms with E-state index >= 15 is 0 Å². The Bertz CT molecular complexity index is 658. The number of likely N-dealkylation sites (N-methyl/N-ethyl adjacent to an activating group) is 2. The molecule has 2 aromatic rings. The van der Waals surface area contributed by atoms with Crippen LogP contribution in [0.15, 0.2) is 36.7 Å². The van der Waals surface area contributed by atoms with Crippen LogP contribution >= 0.6 is 0 Å². The largest absolute Gasteiger partial charge is 0.437 e. The van der Waals surface area contributed by atoms with E-state index in [1.807, 2.05) is 43.1 Å². The predicted molar refractivity (Wildman–Crippen MR) is 89.9 cm³/mol. The summed E-state index contributed by atoms with van der Waals surface area (Å²) in [5.74, 6) is 1.91. The second kappa shape index (κ2) is 7.58. The number of carbonyl (C=O) groups excluding carboxylic acids is 1. The summed E-state index contributed by atoms with van der Waals surface area (Å²) in [5.41, 5.74) is 1.17. The molecule has 0 spiro atoms. The molecule has 1 aromatic carbocycles. The Balaban J connectivity index is 2.01. The Labute approximate surface area is 136 Å². The first kappa shape index (κ1) is 16.7. The Morgan fingerprint density at radius 3 is 2.48 bits per heavy atom. The summed E-state index contributed by atoms with van der Waals surface area (Å²) in [6.45, 7) is 4.86. The number of benzene rings is 1. The molecule has 2 rings (SSSR count). The van der Waals surface area contributed by atoms with E-state index in [1.54, 1.807) is 31.3 Å². The molecule has 0 bridgehead atoms. The Morgan fingerprint density at radius 1 is 1.13 bits per heavy atom. The van der Waals surface area contributed by atoms with Crippen LogP contribution in [-0.4, -0.2) is 48.0 Å². The summed E-state index contributed by atoms with van der Waals surface area (Å²) in [4.78, 5) is 23.5. The average molecular weight is 314 g/mol. The molecule has 0 aliphatic rings. The number of aromatic nitrogens is 2. The maximum Gasteiger partial charge on any atom is 0.239 e. The fourth-order valence-corrected chi connectivity index (χ4v) is 1.87. The molecule has 0 aliphatic carbocycles. The highest BCUT2D eigenvalue weighted by molar-refractivity contribution is 5.72. The van der Waals surface area contributed by atoms with Gasteiger partial charge in [-0.3, -0.25) is 9.78 Å². The van der Waals surface area contributed by atoms with E-state index in [0.717, 1.165) is 5.75 Å². The minimum absolute atomic E-state index is 0.0425. The van der Waals surface area contributed by atoms with Gasteiger partial charge in [0, 0.05) is 34.1 Å². The maximum absolute atomic E-state index is 11.2. The lowest BCUT2D eigenvalue weighted by molar-refractivity contribution is -0.127. The highest BCUT2D eigenvalue weighted by Crippen LogP contribution is 2.21. The van der Waals surface area contributed by atoms with E-state index in [2.05, 4.69) is 9.97 Å². The van der Waals surface area contributed by atoms with E-state index in [-0.39, 0.29) is 5.91 Å². The molecular formula is C17H22N4O2. The number of ether oxygens (including phenoxy) is 1. The van der Waals surface area contributed by atoms with E-state index in [9.17, 15) is 4.79 Å². The minimum Gasteiger partial charge on any atom is -0.437 e. The lowest BCUT2D eigenvalue weighted by atomic mass is 10.2. The van der Waals surface area contributed by atoms with Crippen molar-refractivity contribution in [1.82, 2.24) is 14.9 Å². The molecule has 6 nitrogen and oxygen atoms in total. The number of carbonyl (C=O) groups is 1. The van der Waals surface area contributed by atoms with Crippen molar-refractivity contribution in [3.63, 3.8) is 0 Å². The van der Waals surface area contributed by atoms with Crippen LogP contribution in [0, 0.1) is 6.92 Å². The zero-order valence-electron chi connectivity index (χ0n) is 14.0. The lowest BCUT2D eigenvalue weighted by Crippen LogP contribution is -2.33. The molecule has 1 heterocycles. The van der Waals surface area contributed by atoms with Crippen molar-refractivity contribution in [2.45, 2.75) is 13.8 Å².